The van der Waals surface area contributed by atoms with Gasteiger partial charge < -0.3 is 20.3 Å². The summed E-state index contributed by atoms with van der Waals surface area (Å²) < 4.78 is 39.5. The van der Waals surface area contributed by atoms with E-state index in [1.807, 2.05) is 36.4 Å². The highest BCUT2D eigenvalue weighted by molar-refractivity contribution is 7.10. The summed E-state index contributed by atoms with van der Waals surface area (Å²) in [6, 6.07) is 15.5. The maximum absolute atomic E-state index is 13.4. The second kappa shape index (κ2) is 11.7. The number of carbonyl (C=O) groups excluding carboxylic acids is 2. The average Bonchev–Trinajstić information content (AvgIpc) is 3.73. The number of aliphatic hydroxyl groups excluding tert-OH is 1. The molecule has 12 heteroatoms. The molecule has 2 aromatic heterocycles. The Hall–Kier alpha value is -4.29. The van der Waals surface area contributed by atoms with Gasteiger partial charge in [-0.2, -0.15) is 13.2 Å². The largest absolute Gasteiger partial charge is 0.416 e. The predicted octanol–water partition coefficient (Wildman–Crippen LogP) is 4.87. The molecule has 1 saturated carbocycles. The van der Waals surface area contributed by atoms with Crippen molar-refractivity contribution in [3.63, 3.8) is 0 Å². The molecular weight excluding hydrogens is 593 g/mol. The third kappa shape index (κ3) is 5.91. The SMILES string of the molecule is O=C(NCc1ccccc1)c1csc(C2(c3nc4c(c(=O)[nH]3)CN(C(=O)[C@H](O)c3cccc(C(F)(F)F)c3)CCC4)CC2)c1. The number of halogens is 3. The maximum Gasteiger partial charge on any atom is 0.416 e. The van der Waals surface area contributed by atoms with Gasteiger partial charge >= 0.3 is 6.18 Å². The lowest BCUT2D eigenvalue weighted by atomic mass is 10.0. The fourth-order valence-corrected chi connectivity index (χ4v) is 6.70. The van der Waals surface area contributed by atoms with Crippen LogP contribution >= 0.6 is 11.3 Å². The first-order valence-electron chi connectivity index (χ1n) is 14.2. The van der Waals surface area contributed by atoms with Gasteiger partial charge in [0.05, 0.1) is 34.3 Å². The second-order valence-electron chi connectivity index (χ2n) is 11.2. The summed E-state index contributed by atoms with van der Waals surface area (Å²) in [5.74, 6) is -0.452. The van der Waals surface area contributed by atoms with E-state index in [0.29, 0.717) is 42.0 Å². The van der Waals surface area contributed by atoms with Gasteiger partial charge in [0.1, 0.15) is 5.82 Å². The molecule has 3 heterocycles. The lowest BCUT2D eigenvalue weighted by Gasteiger charge is -2.24. The highest BCUT2D eigenvalue weighted by atomic mass is 32.1. The van der Waals surface area contributed by atoms with E-state index in [9.17, 15) is 32.7 Å². The molecule has 1 aliphatic heterocycles. The number of alkyl halides is 3. The number of thiophene rings is 1. The van der Waals surface area contributed by atoms with Crippen molar-refractivity contribution in [2.75, 3.05) is 6.54 Å². The van der Waals surface area contributed by atoms with E-state index in [-0.39, 0.29) is 24.6 Å². The van der Waals surface area contributed by atoms with Crippen molar-refractivity contribution in [1.82, 2.24) is 20.2 Å². The van der Waals surface area contributed by atoms with Gasteiger partial charge in [-0.1, -0.05) is 42.5 Å². The van der Waals surface area contributed by atoms with Gasteiger partial charge in [-0.25, -0.2) is 4.98 Å². The van der Waals surface area contributed by atoms with Gasteiger partial charge in [0.15, 0.2) is 6.10 Å². The first kappa shape index (κ1) is 29.8. The summed E-state index contributed by atoms with van der Waals surface area (Å²) in [4.78, 5) is 49.3. The number of aliphatic hydroxyl groups is 1. The number of nitrogens with zero attached hydrogens (tertiary/aromatic N) is 2. The van der Waals surface area contributed by atoms with E-state index < -0.39 is 34.7 Å². The number of hydrogen-bond donors (Lipinski definition) is 3. The van der Waals surface area contributed by atoms with Crippen LogP contribution in [-0.4, -0.2) is 38.3 Å². The molecule has 3 N–H and O–H groups in total. The van der Waals surface area contributed by atoms with E-state index >= 15 is 0 Å². The van der Waals surface area contributed by atoms with Crippen LogP contribution in [0.5, 0.6) is 0 Å². The van der Waals surface area contributed by atoms with Crippen LogP contribution in [0.3, 0.4) is 0 Å². The molecule has 2 amide bonds. The van der Waals surface area contributed by atoms with Crippen LogP contribution in [0.25, 0.3) is 0 Å². The highest BCUT2D eigenvalue weighted by Gasteiger charge is 2.50. The minimum Gasteiger partial charge on any atom is -0.378 e. The van der Waals surface area contributed by atoms with Crippen LogP contribution < -0.4 is 10.9 Å². The molecule has 0 unspecified atom stereocenters. The van der Waals surface area contributed by atoms with E-state index in [1.54, 1.807) is 5.38 Å². The number of fused-ring (bicyclic) bond motifs is 1. The number of aryl methyl sites for hydroxylation is 1. The fourth-order valence-electron chi connectivity index (χ4n) is 5.55. The van der Waals surface area contributed by atoms with E-state index in [0.717, 1.165) is 41.5 Å². The minimum absolute atomic E-state index is 0.120. The number of carbonyl (C=O) groups is 2. The zero-order valence-corrected chi connectivity index (χ0v) is 24.3. The molecule has 0 spiro atoms. The Morgan fingerprint density at radius 2 is 1.89 bits per heavy atom. The lowest BCUT2D eigenvalue weighted by molar-refractivity contribution is -0.142. The van der Waals surface area contributed by atoms with Crippen molar-refractivity contribution >= 4 is 23.2 Å². The van der Waals surface area contributed by atoms with Gasteiger partial charge in [-0.3, -0.25) is 14.4 Å². The van der Waals surface area contributed by atoms with Crippen LogP contribution in [0.15, 0.2) is 70.8 Å². The molecule has 1 atom stereocenters. The normalized spacial score (nSPS) is 16.5. The number of nitrogens with one attached hydrogen (secondary N) is 2. The molecule has 6 rings (SSSR count). The standard InChI is InChI=1S/C32H29F3N4O4S/c33-32(34,35)22-9-4-8-20(14-22)26(40)29(43)39-13-5-10-24-23(17-39)28(42)38-30(37-24)31(11-12-31)25-15-21(18-44-25)27(41)36-16-19-6-2-1-3-7-19/h1-4,6-9,14-15,18,26,40H,5,10-13,16-17H2,(H,36,41)(H,37,38,42)/t26-/m1/s1. The molecule has 0 saturated heterocycles. The Bertz CT molecular complexity index is 1770. The average molecular weight is 623 g/mol. The van der Waals surface area contributed by atoms with E-state index in [4.69, 9.17) is 4.98 Å². The molecule has 8 nitrogen and oxygen atoms in total. The first-order chi connectivity index (χ1) is 21.0. The van der Waals surface area contributed by atoms with E-state index in [1.165, 1.54) is 22.3 Å². The van der Waals surface area contributed by atoms with Crippen molar-refractivity contribution in [3.05, 3.63) is 121 Å². The predicted molar refractivity (Wildman–Crippen MR) is 157 cm³/mol. The molecule has 228 valence electrons. The quantitative estimate of drug-likeness (QED) is 0.272. The number of aromatic amines is 1. The van der Waals surface area contributed by atoms with Crippen molar-refractivity contribution < 1.29 is 27.9 Å². The fraction of sp³-hybridized carbons (Fsp3) is 0.312. The molecule has 1 aliphatic carbocycles. The third-order valence-electron chi connectivity index (χ3n) is 8.20. The van der Waals surface area contributed by atoms with Crippen LogP contribution in [0.4, 0.5) is 13.2 Å². The molecule has 0 bridgehead atoms. The lowest BCUT2D eigenvalue weighted by Crippen LogP contribution is -2.36. The van der Waals surface area contributed by atoms with Gasteiger partial charge in [0, 0.05) is 23.3 Å². The number of aromatic nitrogens is 2. The van der Waals surface area contributed by atoms with Gasteiger partial charge in [0.2, 0.25) is 0 Å². The highest BCUT2D eigenvalue weighted by Crippen LogP contribution is 2.54. The van der Waals surface area contributed by atoms with Crippen LogP contribution in [-0.2, 0) is 35.9 Å². The minimum atomic E-state index is -4.62. The summed E-state index contributed by atoms with van der Waals surface area (Å²) in [5.41, 5.74) is 0.340. The second-order valence-corrected chi connectivity index (χ2v) is 12.1. The Morgan fingerprint density at radius 3 is 2.61 bits per heavy atom. The van der Waals surface area contributed by atoms with Crippen molar-refractivity contribution in [1.29, 1.82) is 0 Å². The number of hydrogen-bond acceptors (Lipinski definition) is 6. The first-order valence-corrected chi connectivity index (χ1v) is 15.1. The summed E-state index contributed by atoms with van der Waals surface area (Å²) in [6.45, 7) is 0.494. The summed E-state index contributed by atoms with van der Waals surface area (Å²) in [5, 5.41) is 15.4. The van der Waals surface area contributed by atoms with Crippen LogP contribution in [0.2, 0.25) is 0 Å². The monoisotopic (exact) mass is 622 g/mol. The van der Waals surface area contributed by atoms with Gasteiger partial charge in [0.25, 0.3) is 17.4 Å². The molecule has 2 aromatic carbocycles. The molecule has 4 aromatic rings. The Kier molecular flexibility index (Phi) is 7.89. The molecule has 0 radical (unpaired) electrons. The topological polar surface area (TPSA) is 115 Å². The molecule has 1 fully saturated rings. The van der Waals surface area contributed by atoms with E-state index in [2.05, 4.69) is 10.3 Å². The van der Waals surface area contributed by atoms with Crippen molar-refractivity contribution in [2.45, 2.75) is 56.5 Å². The Labute approximate surface area is 254 Å². The number of amides is 2. The summed E-state index contributed by atoms with van der Waals surface area (Å²) >= 11 is 1.45. The van der Waals surface area contributed by atoms with Crippen LogP contribution in [0, 0.1) is 0 Å². The third-order valence-corrected chi connectivity index (χ3v) is 9.33. The molecule has 2 aliphatic rings. The molecular formula is C32H29F3N4O4S. The van der Waals surface area contributed by atoms with Crippen molar-refractivity contribution in [3.8, 4) is 0 Å². The number of H-pyrrole nitrogens is 1. The zero-order chi connectivity index (χ0) is 31.1. The molecule has 44 heavy (non-hydrogen) atoms. The maximum atomic E-state index is 13.4. The van der Waals surface area contributed by atoms with Gasteiger partial charge in [-0.15, -0.1) is 11.3 Å². The number of rotatable bonds is 7. The van der Waals surface area contributed by atoms with Gasteiger partial charge in [-0.05, 0) is 55.0 Å². The van der Waals surface area contributed by atoms with Crippen LogP contribution in [0.1, 0.15) is 74.4 Å². The zero-order valence-electron chi connectivity index (χ0n) is 23.5. The smallest absolute Gasteiger partial charge is 0.378 e. The van der Waals surface area contributed by atoms with Crippen molar-refractivity contribution in [2.24, 2.45) is 0 Å². The summed E-state index contributed by atoms with van der Waals surface area (Å²) in [6.07, 6.45) is -4.03. The number of benzene rings is 2. The Balaban J connectivity index is 1.19. The Morgan fingerprint density at radius 1 is 1.11 bits per heavy atom. The summed E-state index contributed by atoms with van der Waals surface area (Å²) in [7, 11) is 0.